The lowest BCUT2D eigenvalue weighted by Crippen LogP contribution is -2.10. The number of pyridine rings is 1. The van der Waals surface area contributed by atoms with Gasteiger partial charge in [0.1, 0.15) is 6.61 Å². The molecule has 0 amide bonds. The first kappa shape index (κ1) is 17.1. The summed E-state index contributed by atoms with van der Waals surface area (Å²) in [6, 6.07) is 11.7. The molecule has 2 aromatic heterocycles. The van der Waals surface area contributed by atoms with E-state index in [1.165, 1.54) is 0 Å². The molecule has 5 nitrogen and oxygen atoms in total. The monoisotopic (exact) mass is 337 g/mol. The van der Waals surface area contributed by atoms with Crippen molar-refractivity contribution in [2.24, 2.45) is 0 Å². The minimum absolute atomic E-state index is 0.167. The lowest BCUT2D eigenvalue weighted by molar-refractivity contribution is 0.0475. The summed E-state index contributed by atoms with van der Waals surface area (Å²) in [5.41, 5.74) is 3.08. The van der Waals surface area contributed by atoms with Crippen LogP contribution in [-0.4, -0.2) is 20.7 Å². The van der Waals surface area contributed by atoms with Gasteiger partial charge in [-0.3, -0.25) is 0 Å². The molecule has 0 aliphatic rings. The molecule has 0 fully saturated rings. The Labute approximate surface area is 147 Å². The number of carbonyl (C=O) groups is 1. The smallest absolute Gasteiger partial charge is 0.339 e. The quantitative estimate of drug-likeness (QED) is 0.644. The molecular weight excluding hydrogens is 314 g/mol. The zero-order valence-electron chi connectivity index (χ0n) is 15.1. The van der Waals surface area contributed by atoms with Crippen molar-refractivity contribution in [2.45, 2.75) is 46.3 Å². The molecular formula is C20H23N3O2. The average Bonchev–Trinajstić information content (AvgIpc) is 3.03. The highest BCUT2D eigenvalue weighted by Gasteiger charge is 2.19. The Morgan fingerprint density at radius 3 is 2.52 bits per heavy atom. The lowest BCUT2D eigenvalue weighted by atomic mass is 10.1. The Morgan fingerprint density at radius 2 is 1.88 bits per heavy atom. The van der Waals surface area contributed by atoms with E-state index in [0.717, 1.165) is 22.3 Å². The molecule has 0 spiro atoms. The number of hydrogen-bond acceptors (Lipinski definition) is 4. The summed E-state index contributed by atoms with van der Waals surface area (Å²) in [6.07, 6.45) is 1.70. The first-order valence-corrected chi connectivity index (χ1v) is 8.56. The molecule has 1 aromatic carbocycles. The highest BCUT2D eigenvalue weighted by molar-refractivity contribution is 6.02. The molecule has 0 unspecified atom stereocenters. The molecule has 0 N–H and O–H groups in total. The summed E-state index contributed by atoms with van der Waals surface area (Å²) in [5.74, 6) is -0.137. The third kappa shape index (κ3) is 3.55. The van der Waals surface area contributed by atoms with Gasteiger partial charge >= 0.3 is 5.97 Å². The molecule has 3 aromatic rings. The fourth-order valence-corrected chi connectivity index (χ4v) is 2.68. The minimum atomic E-state index is -0.346. The highest BCUT2D eigenvalue weighted by atomic mass is 16.5. The van der Waals surface area contributed by atoms with Gasteiger partial charge in [-0.1, -0.05) is 44.2 Å². The van der Waals surface area contributed by atoms with Crippen molar-refractivity contribution in [3.8, 4) is 0 Å². The summed E-state index contributed by atoms with van der Waals surface area (Å²) in [7, 11) is 0. The molecule has 0 saturated heterocycles. The van der Waals surface area contributed by atoms with Crippen LogP contribution in [0.25, 0.3) is 11.0 Å². The van der Waals surface area contributed by atoms with Gasteiger partial charge in [-0.25, -0.2) is 14.5 Å². The van der Waals surface area contributed by atoms with E-state index < -0.39 is 0 Å². The molecule has 3 rings (SSSR count). The molecule has 130 valence electrons. The molecule has 0 aliphatic heterocycles. The zero-order chi connectivity index (χ0) is 18.0. The number of rotatable bonds is 5. The van der Waals surface area contributed by atoms with Crippen molar-refractivity contribution in [3.05, 3.63) is 59.4 Å². The van der Waals surface area contributed by atoms with Gasteiger partial charge in [0.2, 0.25) is 0 Å². The molecule has 0 radical (unpaired) electrons. The second-order valence-corrected chi connectivity index (χ2v) is 6.73. The van der Waals surface area contributed by atoms with Crippen LogP contribution >= 0.6 is 0 Å². The molecule has 0 atom stereocenters. The number of aromatic nitrogens is 3. The predicted molar refractivity (Wildman–Crippen MR) is 97.6 cm³/mol. The third-order valence-corrected chi connectivity index (χ3v) is 4.10. The van der Waals surface area contributed by atoms with Gasteiger partial charge in [0.25, 0.3) is 0 Å². The Hall–Kier alpha value is -2.69. The third-order valence-electron chi connectivity index (χ3n) is 4.10. The first-order valence-electron chi connectivity index (χ1n) is 8.56. The number of benzene rings is 1. The molecule has 0 bridgehead atoms. The SMILES string of the molecule is CC(C)c1cc(C(=O)OCc2ccccc2)c2cnn(C(C)C)c2n1. The topological polar surface area (TPSA) is 57.0 Å². The summed E-state index contributed by atoms with van der Waals surface area (Å²) in [5, 5.41) is 5.14. The fourth-order valence-electron chi connectivity index (χ4n) is 2.68. The molecule has 5 heteroatoms. The Balaban J connectivity index is 1.97. The Bertz CT molecular complexity index is 883. The maximum Gasteiger partial charge on any atom is 0.339 e. The van der Waals surface area contributed by atoms with Crippen molar-refractivity contribution < 1.29 is 9.53 Å². The van der Waals surface area contributed by atoms with Gasteiger partial charge in [0.05, 0.1) is 17.1 Å². The van der Waals surface area contributed by atoms with Crippen LogP contribution in [0.3, 0.4) is 0 Å². The Morgan fingerprint density at radius 1 is 1.16 bits per heavy atom. The second-order valence-electron chi connectivity index (χ2n) is 6.73. The number of nitrogens with zero attached hydrogens (tertiary/aromatic N) is 3. The Kier molecular flexibility index (Phi) is 4.83. The summed E-state index contributed by atoms with van der Waals surface area (Å²) >= 11 is 0. The molecule has 0 aliphatic carbocycles. The number of esters is 1. The van der Waals surface area contributed by atoms with Crippen LogP contribution in [0.1, 0.15) is 61.3 Å². The number of hydrogen-bond donors (Lipinski definition) is 0. The zero-order valence-corrected chi connectivity index (χ0v) is 15.1. The summed E-state index contributed by atoms with van der Waals surface area (Å²) in [6.45, 7) is 8.46. The van der Waals surface area contributed by atoms with Gasteiger partial charge in [-0.05, 0) is 31.4 Å². The van der Waals surface area contributed by atoms with Crippen LogP contribution in [-0.2, 0) is 11.3 Å². The van der Waals surface area contributed by atoms with Crippen LogP contribution in [0.5, 0.6) is 0 Å². The van der Waals surface area contributed by atoms with Crippen molar-refractivity contribution in [3.63, 3.8) is 0 Å². The van der Waals surface area contributed by atoms with E-state index in [1.54, 1.807) is 6.20 Å². The summed E-state index contributed by atoms with van der Waals surface area (Å²) < 4.78 is 7.37. The normalized spacial score (nSPS) is 11.4. The van der Waals surface area contributed by atoms with Crippen molar-refractivity contribution in [1.29, 1.82) is 0 Å². The number of fused-ring (bicyclic) bond motifs is 1. The van der Waals surface area contributed by atoms with Crippen molar-refractivity contribution >= 4 is 17.0 Å². The lowest BCUT2D eigenvalue weighted by Gasteiger charge is -2.12. The predicted octanol–water partition coefficient (Wildman–Crippen LogP) is 4.49. The van der Waals surface area contributed by atoms with Crippen LogP contribution in [0, 0.1) is 0 Å². The van der Waals surface area contributed by atoms with Gasteiger partial charge in [-0.15, -0.1) is 0 Å². The molecule has 2 heterocycles. The maximum absolute atomic E-state index is 12.7. The van der Waals surface area contributed by atoms with Crippen LogP contribution in [0.15, 0.2) is 42.6 Å². The van der Waals surface area contributed by atoms with Gasteiger partial charge in [0, 0.05) is 11.7 Å². The van der Waals surface area contributed by atoms with Crippen molar-refractivity contribution in [2.75, 3.05) is 0 Å². The first-order chi connectivity index (χ1) is 12.0. The van der Waals surface area contributed by atoms with E-state index in [1.807, 2.05) is 54.9 Å². The maximum atomic E-state index is 12.7. The standard InChI is InChI=1S/C20H23N3O2/c1-13(2)18-10-16(17-11-21-23(14(3)4)19(17)22-18)20(24)25-12-15-8-6-5-7-9-15/h5-11,13-14H,12H2,1-4H3. The van der Waals surface area contributed by atoms with Gasteiger partial charge < -0.3 is 4.74 Å². The van der Waals surface area contributed by atoms with E-state index in [0.29, 0.717) is 5.56 Å². The minimum Gasteiger partial charge on any atom is -0.457 e. The van der Waals surface area contributed by atoms with E-state index in [9.17, 15) is 4.79 Å². The second kappa shape index (κ2) is 7.05. The van der Waals surface area contributed by atoms with Crippen molar-refractivity contribution in [1.82, 2.24) is 14.8 Å². The molecule has 25 heavy (non-hydrogen) atoms. The van der Waals surface area contributed by atoms with Crippen LogP contribution < -0.4 is 0 Å². The van der Waals surface area contributed by atoms with E-state index in [-0.39, 0.29) is 24.5 Å². The number of carbonyl (C=O) groups excluding carboxylic acids is 1. The van der Waals surface area contributed by atoms with E-state index >= 15 is 0 Å². The summed E-state index contributed by atoms with van der Waals surface area (Å²) in [4.78, 5) is 17.4. The van der Waals surface area contributed by atoms with Crippen LogP contribution in [0.4, 0.5) is 0 Å². The molecule has 0 saturated carbocycles. The highest BCUT2D eigenvalue weighted by Crippen LogP contribution is 2.25. The van der Waals surface area contributed by atoms with E-state index in [2.05, 4.69) is 18.9 Å². The van der Waals surface area contributed by atoms with Gasteiger partial charge in [0.15, 0.2) is 5.65 Å². The largest absolute Gasteiger partial charge is 0.457 e. The fraction of sp³-hybridized carbons (Fsp3) is 0.350. The van der Waals surface area contributed by atoms with Crippen LogP contribution in [0.2, 0.25) is 0 Å². The van der Waals surface area contributed by atoms with E-state index in [4.69, 9.17) is 9.72 Å². The number of ether oxygens (including phenoxy) is 1. The van der Waals surface area contributed by atoms with Gasteiger partial charge in [-0.2, -0.15) is 5.10 Å². The average molecular weight is 337 g/mol.